The highest BCUT2D eigenvalue weighted by atomic mass is 79.9. The molecule has 0 aliphatic carbocycles. The van der Waals surface area contributed by atoms with Gasteiger partial charge in [-0.3, -0.25) is 4.79 Å². The van der Waals surface area contributed by atoms with Crippen LogP contribution in [0.5, 0.6) is 0 Å². The van der Waals surface area contributed by atoms with Gasteiger partial charge in [0.25, 0.3) is 0 Å². The summed E-state index contributed by atoms with van der Waals surface area (Å²) in [5, 5.41) is 8.88. The number of benzene rings is 1. The number of carbonyl (C=O) groups is 1. The lowest BCUT2D eigenvalue weighted by Gasteiger charge is -2.18. The standard InChI is InChI=1S/C11H14BrNO2/c1-6-3-4-8(12)5-9(6)10(13)7(2)11(14)15/h3-5,7,10H,13H2,1-2H3,(H,14,15). The first-order chi connectivity index (χ1) is 6.93. The first-order valence-electron chi connectivity index (χ1n) is 4.68. The van der Waals surface area contributed by atoms with Crippen molar-refractivity contribution >= 4 is 21.9 Å². The molecule has 1 aromatic rings. The van der Waals surface area contributed by atoms with Gasteiger partial charge in [-0.1, -0.05) is 28.9 Å². The van der Waals surface area contributed by atoms with Crippen LogP contribution in [0.25, 0.3) is 0 Å². The summed E-state index contributed by atoms with van der Waals surface area (Å²) in [5.74, 6) is -1.46. The van der Waals surface area contributed by atoms with Crippen LogP contribution in [0.15, 0.2) is 22.7 Å². The van der Waals surface area contributed by atoms with E-state index in [0.29, 0.717) is 0 Å². The van der Waals surface area contributed by atoms with E-state index in [1.165, 1.54) is 0 Å². The number of rotatable bonds is 3. The van der Waals surface area contributed by atoms with E-state index in [0.717, 1.165) is 15.6 Å². The molecule has 82 valence electrons. The highest BCUT2D eigenvalue weighted by Crippen LogP contribution is 2.25. The molecule has 1 rings (SSSR count). The van der Waals surface area contributed by atoms with E-state index in [-0.39, 0.29) is 0 Å². The second-order valence-electron chi connectivity index (χ2n) is 3.65. The molecule has 3 nitrogen and oxygen atoms in total. The first kappa shape index (κ1) is 12.2. The quantitative estimate of drug-likeness (QED) is 0.888. The molecule has 2 atom stereocenters. The third-order valence-corrected chi connectivity index (χ3v) is 3.02. The van der Waals surface area contributed by atoms with Crippen molar-refractivity contribution in [2.24, 2.45) is 11.7 Å². The molecule has 0 heterocycles. The molecule has 1 aromatic carbocycles. The number of carboxylic acid groups (broad SMARTS) is 1. The minimum Gasteiger partial charge on any atom is -0.481 e. The average Bonchev–Trinajstić information content (AvgIpc) is 2.19. The molecule has 3 N–H and O–H groups in total. The summed E-state index contributed by atoms with van der Waals surface area (Å²) in [6, 6.07) is 5.24. The molecule has 4 heteroatoms. The van der Waals surface area contributed by atoms with E-state index >= 15 is 0 Å². The van der Waals surface area contributed by atoms with Crippen LogP contribution in [0.1, 0.15) is 24.1 Å². The third-order valence-electron chi connectivity index (χ3n) is 2.53. The second kappa shape index (κ2) is 4.77. The summed E-state index contributed by atoms with van der Waals surface area (Å²) in [6.07, 6.45) is 0. The highest BCUT2D eigenvalue weighted by Gasteiger charge is 2.22. The summed E-state index contributed by atoms with van der Waals surface area (Å²) in [4.78, 5) is 10.8. The number of hydrogen-bond donors (Lipinski definition) is 2. The zero-order valence-corrected chi connectivity index (χ0v) is 10.3. The van der Waals surface area contributed by atoms with Gasteiger partial charge in [-0.25, -0.2) is 0 Å². The molecule has 0 amide bonds. The van der Waals surface area contributed by atoms with Crippen LogP contribution in [-0.2, 0) is 4.79 Å². The molecular weight excluding hydrogens is 258 g/mol. The number of carboxylic acids is 1. The van der Waals surface area contributed by atoms with Gasteiger partial charge in [0.2, 0.25) is 0 Å². The molecular formula is C11H14BrNO2. The SMILES string of the molecule is Cc1ccc(Br)cc1C(N)C(C)C(=O)O. The Morgan fingerprint density at radius 1 is 1.53 bits per heavy atom. The maximum atomic E-state index is 10.8. The minimum absolute atomic E-state index is 0.472. The number of halogens is 1. The van der Waals surface area contributed by atoms with Crippen molar-refractivity contribution in [3.05, 3.63) is 33.8 Å². The average molecular weight is 272 g/mol. The first-order valence-corrected chi connectivity index (χ1v) is 5.47. The van der Waals surface area contributed by atoms with Crippen LogP contribution in [-0.4, -0.2) is 11.1 Å². The lowest BCUT2D eigenvalue weighted by Crippen LogP contribution is -2.26. The highest BCUT2D eigenvalue weighted by molar-refractivity contribution is 9.10. The normalized spacial score (nSPS) is 14.7. The van der Waals surface area contributed by atoms with E-state index in [2.05, 4.69) is 15.9 Å². The Hall–Kier alpha value is -0.870. The van der Waals surface area contributed by atoms with Crippen LogP contribution in [0, 0.1) is 12.8 Å². The van der Waals surface area contributed by atoms with Crippen molar-refractivity contribution in [2.75, 3.05) is 0 Å². The zero-order chi connectivity index (χ0) is 11.6. The van der Waals surface area contributed by atoms with E-state index in [9.17, 15) is 4.79 Å². The van der Waals surface area contributed by atoms with Crippen molar-refractivity contribution in [3.63, 3.8) is 0 Å². The Labute approximate surface area is 97.4 Å². The molecule has 0 saturated carbocycles. The van der Waals surface area contributed by atoms with E-state index in [1.54, 1.807) is 6.92 Å². The molecule has 0 saturated heterocycles. The van der Waals surface area contributed by atoms with E-state index in [4.69, 9.17) is 10.8 Å². The zero-order valence-electron chi connectivity index (χ0n) is 8.70. The Morgan fingerprint density at radius 3 is 2.67 bits per heavy atom. The monoisotopic (exact) mass is 271 g/mol. The van der Waals surface area contributed by atoms with Gasteiger partial charge in [0, 0.05) is 10.5 Å². The predicted octanol–water partition coefficient (Wildman–Crippen LogP) is 2.48. The molecule has 0 fully saturated rings. The third kappa shape index (κ3) is 2.79. The maximum absolute atomic E-state index is 10.8. The van der Waals surface area contributed by atoms with Gasteiger partial charge >= 0.3 is 5.97 Å². The number of aliphatic carboxylic acids is 1. The van der Waals surface area contributed by atoms with Crippen LogP contribution < -0.4 is 5.73 Å². The molecule has 0 aliphatic rings. The summed E-state index contributed by atoms with van der Waals surface area (Å²) >= 11 is 3.35. The molecule has 2 unspecified atom stereocenters. The van der Waals surface area contributed by atoms with E-state index in [1.807, 2.05) is 25.1 Å². The van der Waals surface area contributed by atoms with Gasteiger partial charge in [-0.15, -0.1) is 0 Å². The van der Waals surface area contributed by atoms with Gasteiger partial charge < -0.3 is 10.8 Å². The van der Waals surface area contributed by atoms with Gasteiger partial charge in [-0.05, 0) is 30.2 Å². The number of hydrogen-bond acceptors (Lipinski definition) is 2. The molecule has 0 aliphatic heterocycles. The predicted molar refractivity (Wildman–Crippen MR) is 62.6 cm³/mol. The fraction of sp³-hybridized carbons (Fsp3) is 0.364. The lowest BCUT2D eigenvalue weighted by atomic mass is 9.92. The summed E-state index contributed by atoms with van der Waals surface area (Å²) in [5.41, 5.74) is 7.79. The van der Waals surface area contributed by atoms with Gasteiger partial charge in [0.15, 0.2) is 0 Å². The van der Waals surface area contributed by atoms with Crippen molar-refractivity contribution in [1.82, 2.24) is 0 Å². The Morgan fingerprint density at radius 2 is 2.13 bits per heavy atom. The summed E-state index contributed by atoms with van der Waals surface area (Å²) < 4.78 is 0.913. The Balaban J connectivity index is 3.04. The van der Waals surface area contributed by atoms with Gasteiger partial charge in [-0.2, -0.15) is 0 Å². The molecule has 0 radical (unpaired) electrons. The van der Waals surface area contributed by atoms with Crippen LogP contribution in [0.2, 0.25) is 0 Å². The molecule has 15 heavy (non-hydrogen) atoms. The largest absolute Gasteiger partial charge is 0.481 e. The van der Waals surface area contributed by atoms with E-state index < -0.39 is 17.9 Å². The van der Waals surface area contributed by atoms with Gasteiger partial charge in [0.05, 0.1) is 5.92 Å². The fourth-order valence-electron chi connectivity index (χ4n) is 1.39. The topological polar surface area (TPSA) is 63.3 Å². The Kier molecular flexibility index (Phi) is 3.88. The van der Waals surface area contributed by atoms with Crippen LogP contribution in [0.4, 0.5) is 0 Å². The summed E-state index contributed by atoms with van der Waals surface area (Å²) in [7, 11) is 0. The molecule has 0 bridgehead atoms. The van der Waals surface area contributed by atoms with Crippen molar-refractivity contribution in [2.45, 2.75) is 19.9 Å². The lowest BCUT2D eigenvalue weighted by molar-refractivity contribution is -0.141. The smallest absolute Gasteiger partial charge is 0.308 e. The Bertz CT molecular complexity index is 379. The van der Waals surface area contributed by atoms with Crippen molar-refractivity contribution in [3.8, 4) is 0 Å². The minimum atomic E-state index is -0.873. The molecule has 0 spiro atoms. The van der Waals surface area contributed by atoms with Crippen LogP contribution in [0.3, 0.4) is 0 Å². The fourth-order valence-corrected chi connectivity index (χ4v) is 1.77. The molecule has 0 aromatic heterocycles. The number of nitrogens with two attached hydrogens (primary N) is 1. The second-order valence-corrected chi connectivity index (χ2v) is 4.57. The van der Waals surface area contributed by atoms with Crippen molar-refractivity contribution < 1.29 is 9.90 Å². The van der Waals surface area contributed by atoms with Crippen LogP contribution >= 0.6 is 15.9 Å². The maximum Gasteiger partial charge on any atom is 0.308 e. The number of aryl methyl sites for hydroxylation is 1. The summed E-state index contributed by atoms with van der Waals surface area (Å²) in [6.45, 7) is 3.55. The van der Waals surface area contributed by atoms with Gasteiger partial charge in [0.1, 0.15) is 0 Å². The van der Waals surface area contributed by atoms with Crippen molar-refractivity contribution in [1.29, 1.82) is 0 Å².